The molecule has 0 spiro atoms. The van der Waals surface area contributed by atoms with Crippen LogP contribution in [0.1, 0.15) is 12.0 Å². The van der Waals surface area contributed by atoms with Gasteiger partial charge in [-0.2, -0.15) is 0 Å². The largest absolute Gasteiger partial charge is 0.380 e. The average molecular weight is 355 g/mol. The molecule has 2 heterocycles. The molecule has 0 bridgehead atoms. The van der Waals surface area contributed by atoms with Crippen molar-refractivity contribution in [3.05, 3.63) is 28.2 Å². The highest BCUT2D eigenvalue weighted by Crippen LogP contribution is 2.28. The normalized spacial score (nSPS) is 23.7. The summed E-state index contributed by atoms with van der Waals surface area (Å²) in [6, 6.07) is 6.62. The van der Waals surface area contributed by atoms with Crippen molar-refractivity contribution in [1.29, 1.82) is 0 Å². The number of benzene rings is 1. The number of rotatable bonds is 4. The number of morpholine rings is 1. The molecule has 2 aliphatic heterocycles. The van der Waals surface area contributed by atoms with E-state index < -0.39 is 0 Å². The second kappa shape index (κ2) is 7.09. The smallest absolute Gasteiger partial charge is 0.0710 e. The van der Waals surface area contributed by atoms with Crippen molar-refractivity contribution in [3.63, 3.8) is 0 Å². The third-order valence-electron chi connectivity index (χ3n) is 4.35. The molecule has 0 amide bonds. The fourth-order valence-electron chi connectivity index (χ4n) is 3.17. The predicted molar refractivity (Wildman–Crippen MR) is 87.9 cm³/mol. The summed E-state index contributed by atoms with van der Waals surface area (Å²) >= 11 is 3.61. The van der Waals surface area contributed by atoms with Crippen LogP contribution >= 0.6 is 15.9 Å². The van der Waals surface area contributed by atoms with E-state index in [1.54, 1.807) is 0 Å². The first kappa shape index (κ1) is 15.3. The zero-order valence-corrected chi connectivity index (χ0v) is 14.1. The van der Waals surface area contributed by atoms with Gasteiger partial charge in [0, 0.05) is 50.0 Å². The summed E-state index contributed by atoms with van der Waals surface area (Å²) in [6.07, 6.45) is 1.53. The maximum Gasteiger partial charge on any atom is 0.0710 e. The highest BCUT2D eigenvalue weighted by Gasteiger charge is 2.23. The minimum absolute atomic E-state index is 0.393. The average Bonchev–Trinajstić information content (AvgIpc) is 2.96. The molecule has 0 aliphatic carbocycles. The van der Waals surface area contributed by atoms with Crippen LogP contribution in [0.15, 0.2) is 22.7 Å². The van der Waals surface area contributed by atoms with Crippen molar-refractivity contribution in [2.75, 3.05) is 51.4 Å². The van der Waals surface area contributed by atoms with Gasteiger partial charge in [0.1, 0.15) is 0 Å². The molecule has 0 radical (unpaired) electrons. The van der Waals surface area contributed by atoms with Gasteiger partial charge in [-0.1, -0.05) is 15.9 Å². The highest BCUT2D eigenvalue weighted by atomic mass is 79.9. The summed E-state index contributed by atoms with van der Waals surface area (Å²) in [5, 5.41) is 0. The molecule has 1 atom stereocenters. The molecule has 1 aromatic rings. The van der Waals surface area contributed by atoms with Crippen LogP contribution in [0.5, 0.6) is 0 Å². The molecule has 0 N–H and O–H groups in total. The minimum Gasteiger partial charge on any atom is -0.380 e. The molecule has 3 rings (SSSR count). The molecule has 0 saturated carbocycles. The Morgan fingerprint density at radius 2 is 2.10 bits per heavy atom. The molecule has 116 valence electrons. The van der Waals surface area contributed by atoms with Crippen molar-refractivity contribution in [2.45, 2.75) is 19.1 Å². The first-order valence-electron chi connectivity index (χ1n) is 7.62. The van der Waals surface area contributed by atoms with E-state index in [1.807, 2.05) is 7.11 Å². The molecule has 21 heavy (non-hydrogen) atoms. The van der Waals surface area contributed by atoms with Crippen molar-refractivity contribution in [2.24, 2.45) is 0 Å². The fraction of sp³-hybridized carbons (Fsp3) is 0.625. The highest BCUT2D eigenvalue weighted by molar-refractivity contribution is 9.10. The minimum atomic E-state index is 0.393. The van der Waals surface area contributed by atoms with Crippen LogP contribution < -0.4 is 4.90 Å². The predicted octanol–water partition coefficient (Wildman–Crippen LogP) is 2.51. The summed E-state index contributed by atoms with van der Waals surface area (Å²) in [6.45, 7) is 6.76. The van der Waals surface area contributed by atoms with E-state index in [2.05, 4.69) is 43.9 Å². The second-order valence-corrected chi connectivity index (χ2v) is 6.67. The maximum absolute atomic E-state index is 5.47. The van der Waals surface area contributed by atoms with E-state index in [0.717, 1.165) is 56.8 Å². The lowest BCUT2D eigenvalue weighted by molar-refractivity contribution is 0.107. The quantitative estimate of drug-likeness (QED) is 0.829. The summed E-state index contributed by atoms with van der Waals surface area (Å²) in [5.41, 5.74) is 2.74. The standard InChI is InChI=1S/C16H23BrN2O2/c1-20-15-4-5-18(12-15)11-13-10-14(17)2-3-16(13)19-6-8-21-9-7-19/h2-3,10,15H,4-9,11-12H2,1H3/t15-/m1/s1. The van der Waals surface area contributed by atoms with Gasteiger partial charge in [-0.15, -0.1) is 0 Å². The molecule has 1 aromatic carbocycles. The lowest BCUT2D eigenvalue weighted by Crippen LogP contribution is -2.37. The van der Waals surface area contributed by atoms with Crippen molar-refractivity contribution in [1.82, 2.24) is 4.90 Å². The summed E-state index contributed by atoms with van der Waals surface area (Å²) in [5.74, 6) is 0. The maximum atomic E-state index is 5.47. The van der Waals surface area contributed by atoms with Crippen molar-refractivity contribution < 1.29 is 9.47 Å². The van der Waals surface area contributed by atoms with E-state index in [4.69, 9.17) is 9.47 Å². The Kier molecular flexibility index (Phi) is 5.16. The molecule has 5 heteroatoms. The first-order chi connectivity index (χ1) is 10.3. The van der Waals surface area contributed by atoms with E-state index in [9.17, 15) is 0 Å². The van der Waals surface area contributed by atoms with E-state index in [-0.39, 0.29) is 0 Å². The van der Waals surface area contributed by atoms with E-state index in [0.29, 0.717) is 6.10 Å². The Balaban J connectivity index is 1.75. The van der Waals surface area contributed by atoms with Gasteiger partial charge in [0.2, 0.25) is 0 Å². The molecular formula is C16H23BrN2O2. The molecule has 0 aromatic heterocycles. The van der Waals surface area contributed by atoms with Gasteiger partial charge < -0.3 is 14.4 Å². The number of nitrogens with zero attached hydrogens (tertiary/aromatic N) is 2. The van der Waals surface area contributed by atoms with Crippen LogP contribution in [0, 0.1) is 0 Å². The first-order valence-corrected chi connectivity index (χ1v) is 8.42. The fourth-order valence-corrected chi connectivity index (χ4v) is 3.58. The molecular weight excluding hydrogens is 332 g/mol. The van der Waals surface area contributed by atoms with Gasteiger partial charge >= 0.3 is 0 Å². The lowest BCUT2D eigenvalue weighted by Gasteiger charge is -2.31. The van der Waals surface area contributed by atoms with Crippen LogP contribution in [0.3, 0.4) is 0 Å². The molecule has 2 fully saturated rings. The van der Waals surface area contributed by atoms with E-state index >= 15 is 0 Å². The summed E-state index contributed by atoms with van der Waals surface area (Å²) < 4.78 is 12.1. The number of methoxy groups -OCH3 is 1. The van der Waals surface area contributed by atoms with Crippen LogP contribution in [-0.2, 0) is 16.0 Å². The third kappa shape index (κ3) is 3.77. The van der Waals surface area contributed by atoms with Gasteiger partial charge in [0.25, 0.3) is 0 Å². The van der Waals surface area contributed by atoms with Gasteiger partial charge in [-0.3, -0.25) is 4.90 Å². The van der Waals surface area contributed by atoms with Crippen LogP contribution in [0.4, 0.5) is 5.69 Å². The lowest BCUT2D eigenvalue weighted by atomic mass is 10.1. The van der Waals surface area contributed by atoms with Gasteiger partial charge in [0.15, 0.2) is 0 Å². The van der Waals surface area contributed by atoms with E-state index in [1.165, 1.54) is 11.3 Å². The number of hydrogen-bond donors (Lipinski definition) is 0. The molecule has 2 aliphatic rings. The number of halogens is 1. The summed E-state index contributed by atoms with van der Waals surface area (Å²) in [7, 11) is 1.81. The van der Waals surface area contributed by atoms with Gasteiger partial charge in [-0.25, -0.2) is 0 Å². The zero-order valence-electron chi connectivity index (χ0n) is 12.6. The SMILES string of the molecule is CO[C@@H]1CCN(Cc2cc(Br)ccc2N2CCOCC2)C1. The number of ether oxygens (including phenoxy) is 2. The van der Waals surface area contributed by atoms with Crippen molar-refractivity contribution >= 4 is 21.6 Å². The molecule has 4 nitrogen and oxygen atoms in total. The zero-order chi connectivity index (χ0) is 14.7. The molecule has 2 saturated heterocycles. The molecule has 0 unspecified atom stereocenters. The topological polar surface area (TPSA) is 24.9 Å². The van der Waals surface area contributed by atoms with Crippen LogP contribution in [0.2, 0.25) is 0 Å². The van der Waals surface area contributed by atoms with Gasteiger partial charge in [0.05, 0.1) is 19.3 Å². The van der Waals surface area contributed by atoms with Crippen molar-refractivity contribution in [3.8, 4) is 0 Å². The Labute approximate surface area is 135 Å². The van der Waals surface area contributed by atoms with Crippen LogP contribution in [0.25, 0.3) is 0 Å². The Morgan fingerprint density at radius 1 is 1.29 bits per heavy atom. The second-order valence-electron chi connectivity index (χ2n) is 5.75. The number of hydrogen-bond acceptors (Lipinski definition) is 4. The Bertz CT molecular complexity index is 477. The number of likely N-dealkylation sites (tertiary alicyclic amines) is 1. The summed E-state index contributed by atoms with van der Waals surface area (Å²) in [4.78, 5) is 4.93. The van der Waals surface area contributed by atoms with Gasteiger partial charge in [-0.05, 0) is 30.2 Å². The third-order valence-corrected chi connectivity index (χ3v) is 4.84. The Hall–Kier alpha value is -0.620. The number of anilines is 1. The van der Waals surface area contributed by atoms with Crippen LogP contribution in [-0.4, -0.2) is 57.5 Å². The Morgan fingerprint density at radius 3 is 2.81 bits per heavy atom. The monoisotopic (exact) mass is 354 g/mol.